The van der Waals surface area contributed by atoms with Crippen LogP contribution in [0, 0.1) is 0 Å². The molecule has 0 aliphatic carbocycles. The molecule has 0 radical (unpaired) electrons. The van der Waals surface area contributed by atoms with Gasteiger partial charge in [0, 0.05) is 18.8 Å². The van der Waals surface area contributed by atoms with Crippen LogP contribution in [0.3, 0.4) is 0 Å². The van der Waals surface area contributed by atoms with Crippen molar-refractivity contribution >= 4 is 34.6 Å². The van der Waals surface area contributed by atoms with Crippen molar-refractivity contribution in [3.05, 3.63) is 24.3 Å². The molecule has 0 saturated heterocycles. The Labute approximate surface area is 129 Å². The van der Waals surface area contributed by atoms with E-state index in [4.69, 9.17) is 17.2 Å². The van der Waals surface area contributed by atoms with Crippen LogP contribution >= 0.6 is 0 Å². The predicted octanol–water partition coefficient (Wildman–Crippen LogP) is 2.48. The minimum atomic E-state index is 0.0116. The van der Waals surface area contributed by atoms with E-state index in [1.165, 1.54) is 0 Å². The van der Waals surface area contributed by atoms with E-state index in [0.29, 0.717) is 5.69 Å². The summed E-state index contributed by atoms with van der Waals surface area (Å²) in [5.41, 5.74) is 18.9. The smallest absolute Gasteiger partial charge is 0.224 e. The minimum absolute atomic E-state index is 0.0116. The number of anilines is 4. The van der Waals surface area contributed by atoms with Crippen LogP contribution < -0.4 is 22.1 Å². The van der Waals surface area contributed by atoms with Crippen molar-refractivity contribution in [3.63, 3.8) is 0 Å². The summed E-state index contributed by atoms with van der Waals surface area (Å²) in [6.45, 7) is 6.13. The van der Waals surface area contributed by atoms with Crippen LogP contribution in [0.4, 0.5) is 34.6 Å². The van der Waals surface area contributed by atoms with Gasteiger partial charge in [-0.15, -0.1) is 5.11 Å². The molecule has 8 heteroatoms. The summed E-state index contributed by atoms with van der Waals surface area (Å²) in [5, 5.41) is 8.12. The summed E-state index contributed by atoms with van der Waals surface area (Å²) in [4.78, 5) is 9.86. The van der Waals surface area contributed by atoms with E-state index in [1.54, 1.807) is 0 Å². The lowest BCUT2D eigenvalue weighted by Crippen LogP contribution is -2.21. The van der Waals surface area contributed by atoms with Gasteiger partial charge in [-0.05, 0) is 38.1 Å². The fraction of sp³-hybridized carbons (Fsp3) is 0.286. The Morgan fingerprint density at radius 2 is 1.45 bits per heavy atom. The Morgan fingerprint density at radius 1 is 0.909 bits per heavy atom. The van der Waals surface area contributed by atoms with Crippen LogP contribution in [0.2, 0.25) is 0 Å². The molecule has 0 aliphatic heterocycles. The van der Waals surface area contributed by atoms with Gasteiger partial charge in [0.15, 0.2) is 17.3 Å². The zero-order chi connectivity index (χ0) is 16.1. The average molecular weight is 300 g/mol. The number of hydrogen-bond acceptors (Lipinski definition) is 8. The molecular formula is C14H20N8. The number of rotatable bonds is 5. The van der Waals surface area contributed by atoms with Gasteiger partial charge in [0.25, 0.3) is 0 Å². The molecule has 2 rings (SSSR count). The van der Waals surface area contributed by atoms with Gasteiger partial charge in [0.2, 0.25) is 5.95 Å². The standard InChI is InChI=1S/C14H20N8/c1-3-22(4-2)10-7-5-9(6-8-10)20-21-11-12(15)18-14(17)19-13(11)16/h5-8H,3-4H2,1-2H3,(H6,15,16,17,18,19). The summed E-state index contributed by atoms with van der Waals surface area (Å²) in [5.74, 6) is 0.222. The molecule has 2 aromatic rings. The van der Waals surface area contributed by atoms with Gasteiger partial charge in [-0.25, -0.2) is 0 Å². The largest absolute Gasteiger partial charge is 0.382 e. The quantitative estimate of drug-likeness (QED) is 0.727. The topological polar surface area (TPSA) is 132 Å². The number of aromatic nitrogens is 2. The fourth-order valence-electron chi connectivity index (χ4n) is 2.04. The lowest BCUT2D eigenvalue weighted by Gasteiger charge is -2.20. The number of nitrogen functional groups attached to an aromatic ring is 3. The van der Waals surface area contributed by atoms with E-state index in [0.717, 1.165) is 18.8 Å². The molecule has 0 fully saturated rings. The van der Waals surface area contributed by atoms with Crippen molar-refractivity contribution in [2.75, 3.05) is 35.2 Å². The number of benzene rings is 1. The summed E-state index contributed by atoms with van der Waals surface area (Å²) in [6, 6.07) is 7.74. The van der Waals surface area contributed by atoms with Crippen LogP contribution in [0.25, 0.3) is 0 Å². The van der Waals surface area contributed by atoms with Crippen LogP contribution in [0.1, 0.15) is 13.8 Å². The Kier molecular flexibility index (Phi) is 4.72. The highest BCUT2D eigenvalue weighted by Crippen LogP contribution is 2.29. The second kappa shape index (κ2) is 6.70. The average Bonchev–Trinajstić information content (AvgIpc) is 2.49. The van der Waals surface area contributed by atoms with Crippen molar-refractivity contribution in [1.82, 2.24) is 9.97 Å². The van der Waals surface area contributed by atoms with Gasteiger partial charge in [-0.2, -0.15) is 15.1 Å². The molecule has 1 aromatic carbocycles. The molecule has 0 bridgehead atoms. The van der Waals surface area contributed by atoms with E-state index in [-0.39, 0.29) is 23.3 Å². The van der Waals surface area contributed by atoms with Crippen LogP contribution in [-0.4, -0.2) is 23.1 Å². The van der Waals surface area contributed by atoms with E-state index < -0.39 is 0 Å². The van der Waals surface area contributed by atoms with Gasteiger partial charge < -0.3 is 22.1 Å². The molecular weight excluding hydrogens is 280 g/mol. The summed E-state index contributed by atoms with van der Waals surface area (Å²) >= 11 is 0. The second-order valence-corrected chi connectivity index (χ2v) is 4.59. The normalized spacial score (nSPS) is 11.0. The van der Waals surface area contributed by atoms with Crippen molar-refractivity contribution in [2.24, 2.45) is 10.2 Å². The molecule has 22 heavy (non-hydrogen) atoms. The highest BCUT2D eigenvalue weighted by Gasteiger charge is 2.08. The molecule has 0 saturated carbocycles. The van der Waals surface area contributed by atoms with E-state index in [2.05, 4.69) is 38.9 Å². The second-order valence-electron chi connectivity index (χ2n) is 4.59. The summed E-state index contributed by atoms with van der Waals surface area (Å²) in [6.07, 6.45) is 0. The summed E-state index contributed by atoms with van der Waals surface area (Å²) < 4.78 is 0. The lowest BCUT2D eigenvalue weighted by atomic mass is 10.2. The lowest BCUT2D eigenvalue weighted by molar-refractivity contribution is 0.866. The van der Waals surface area contributed by atoms with Crippen molar-refractivity contribution in [3.8, 4) is 0 Å². The molecule has 0 aliphatic rings. The first kappa shape index (κ1) is 15.5. The highest BCUT2D eigenvalue weighted by molar-refractivity contribution is 5.71. The van der Waals surface area contributed by atoms with Gasteiger partial charge in [0.05, 0.1) is 5.69 Å². The SMILES string of the molecule is CCN(CC)c1ccc(N=Nc2c(N)nc(N)nc2N)cc1. The van der Waals surface area contributed by atoms with Gasteiger partial charge in [-0.3, -0.25) is 0 Å². The maximum absolute atomic E-state index is 5.71. The highest BCUT2D eigenvalue weighted by atomic mass is 15.2. The van der Waals surface area contributed by atoms with Gasteiger partial charge in [-0.1, -0.05) is 0 Å². The first-order valence-corrected chi connectivity index (χ1v) is 7.00. The molecule has 116 valence electrons. The Hall–Kier alpha value is -2.90. The third-order valence-corrected chi connectivity index (χ3v) is 3.20. The molecule has 1 heterocycles. The number of azo groups is 1. The zero-order valence-corrected chi connectivity index (χ0v) is 12.7. The van der Waals surface area contributed by atoms with Crippen LogP contribution in [0.15, 0.2) is 34.5 Å². The van der Waals surface area contributed by atoms with E-state index >= 15 is 0 Å². The first-order valence-electron chi connectivity index (χ1n) is 7.00. The van der Waals surface area contributed by atoms with Crippen molar-refractivity contribution in [2.45, 2.75) is 13.8 Å². The monoisotopic (exact) mass is 300 g/mol. The minimum Gasteiger partial charge on any atom is -0.382 e. The third-order valence-electron chi connectivity index (χ3n) is 3.20. The van der Waals surface area contributed by atoms with Crippen molar-refractivity contribution in [1.29, 1.82) is 0 Å². The Balaban J connectivity index is 2.21. The molecule has 0 amide bonds. The van der Waals surface area contributed by atoms with E-state index in [9.17, 15) is 0 Å². The first-order chi connectivity index (χ1) is 10.5. The molecule has 6 N–H and O–H groups in total. The third kappa shape index (κ3) is 3.40. The molecule has 1 aromatic heterocycles. The van der Waals surface area contributed by atoms with Gasteiger partial charge in [0.1, 0.15) is 0 Å². The van der Waals surface area contributed by atoms with E-state index in [1.807, 2.05) is 24.3 Å². The molecule has 0 spiro atoms. The summed E-state index contributed by atoms with van der Waals surface area (Å²) in [7, 11) is 0. The molecule has 0 atom stereocenters. The van der Waals surface area contributed by atoms with Crippen LogP contribution in [-0.2, 0) is 0 Å². The number of nitrogens with zero attached hydrogens (tertiary/aromatic N) is 5. The predicted molar refractivity (Wildman–Crippen MR) is 89.4 cm³/mol. The van der Waals surface area contributed by atoms with Gasteiger partial charge >= 0.3 is 0 Å². The van der Waals surface area contributed by atoms with Crippen molar-refractivity contribution < 1.29 is 0 Å². The van der Waals surface area contributed by atoms with Crippen LogP contribution in [0.5, 0.6) is 0 Å². The fourth-order valence-corrected chi connectivity index (χ4v) is 2.04. The zero-order valence-electron chi connectivity index (χ0n) is 12.7. The maximum atomic E-state index is 5.71. The Bertz CT molecular complexity index is 638. The molecule has 8 nitrogen and oxygen atoms in total. The number of hydrogen-bond donors (Lipinski definition) is 3. The maximum Gasteiger partial charge on any atom is 0.224 e. The number of nitrogens with two attached hydrogens (primary N) is 3. The molecule has 0 unspecified atom stereocenters. The Morgan fingerprint density at radius 3 is 1.95 bits per heavy atom.